The number of hydrogen-bond donors (Lipinski definition) is 1. The van der Waals surface area contributed by atoms with Crippen molar-refractivity contribution in [3.63, 3.8) is 0 Å². The number of amides is 2. The van der Waals surface area contributed by atoms with Gasteiger partial charge in [-0.2, -0.15) is 0 Å². The van der Waals surface area contributed by atoms with Crippen molar-refractivity contribution in [2.45, 2.75) is 45.3 Å². The van der Waals surface area contributed by atoms with E-state index in [1.54, 1.807) is 11.0 Å². The van der Waals surface area contributed by atoms with Crippen molar-refractivity contribution in [3.8, 4) is 0 Å². The van der Waals surface area contributed by atoms with Gasteiger partial charge in [0.2, 0.25) is 0 Å². The second-order valence-electron chi connectivity index (χ2n) is 6.16. The number of nitrogens with zero attached hydrogens (tertiary/aromatic N) is 1. The van der Waals surface area contributed by atoms with E-state index in [1.165, 1.54) is 11.3 Å². The van der Waals surface area contributed by atoms with Gasteiger partial charge in [0.05, 0.1) is 10.9 Å². The van der Waals surface area contributed by atoms with Gasteiger partial charge in [0.1, 0.15) is 5.60 Å². The molecular weight excluding hydrogens is 288 g/mol. The van der Waals surface area contributed by atoms with Gasteiger partial charge < -0.3 is 15.0 Å². The molecule has 1 atom stereocenters. The quantitative estimate of drug-likeness (QED) is 0.934. The maximum Gasteiger partial charge on any atom is 0.410 e. The van der Waals surface area contributed by atoms with Crippen LogP contribution in [0.1, 0.15) is 43.3 Å². The fourth-order valence-electron chi connectivity index (χ4n) is 2.31. The molecule has 1 fully saturated rings. The van der Waals surface area contributed by atoms with Crippen molar-refractivity contribution in [1.29, 1.82) is 0 Å². The third kappa shape index (κ3) is 4.46. The van der Waals surface area contributed by atoms with Gasteiger partial charge >= 0.3 is 6.09 Å². The summed E-state index contributed by atoms with van der Waals surface area (Å²) in [6.07, 6.45) is 1.54. The van der Waals surface area contributed by atoms with Crippen molar-refractivity contribution in [2.24, 2.45) is 0 Å². The van der Waals surface area contributed by atoms with E-state index in [2.05, 4.69) is 5.32 Å². The van der Waals surface area contributed by atoms with Gasteiger partial charge in [-0.3, -0.25) is 4.79 Å². The van der Waals surface area contributed by atoms with E-state index < -0.39 is 5.60 Å². The summed E-state index contributed by atoms with van der Waals surface area (Å²) in [6.45, 7) is 6.72. The zero-order chi connectivity index (χ0) is 15.5. The van der Waals surface area contributed by atoms with E-state index >= 15 is 0 Å². The molecule has 1 N–H and O–H groups in total. The number of carbonyl (C=O) groups excluding carboxylic acids is 2. The Morgan fingerprint density at radius 1 is 1.48 bits per heavy atom. The monoisotopic (exact) mass is 310 g/mol. The predicted molar refractivity (Wildman–Crippen MR) is 82.6 cm³/mol. The van der Waals surface area contributed by atoms with E-state index in [0.29, 0.717) is 18.0 Å². The molecule has 0 saturated carbocycles. The Balaban J connectivity index is 1.87. The molecule has 2 heterocycles. The Morgan fingerprint density at radius 2 is 2.24 bits per heavy atom. The highest BCUT2D eigenvalue weighted by Crippen LogP contribution is 2.20. The first-order valence-corrected chi connectivity index (χ1v) is 8.06. The smallest absolute Gasteiger partial charge is 0.410 e. The van der Waals surface area contributed by atoms with Crippen molar-refractivity contribution in [2.75, 3.05) is 13.1 Å². The van der Waals surface area contributed by atoms with Crippen molar-refractivity contribution < 1.29 is 14.3 Å². The number of rotatable bonds is 3. The Bertz CT molecular complexity index is 494. The number of thiophene rings is 1. The van der Waals surface area contributed by atoms with Crippen LogP contribution in [-0.2, 0) is 4.74 Å². The molecule has 2 rings (SSSR count). The number of carbonyl (C=O) groups is 2. The van der Waals surface area contributed by atoms with Gasteiger partial charge in [-0.25, -0.2) is 4.79 Å². The molecule has 5 nitrogen and oxygen atoms in total. The van der Waals surface area contributed by atoms with E-state index in [1.807, 2.05) is 32.2 Å². The number of hydrogen-bond acceptors (Lipinski definition) is 4. The van der Waals surface area contributed by atoms with Gasteiger partial charge in [0.25, 0.3) is 5.91 Å². The number of ether oxygens (including phenoxy) is 1. The molecule has 21 heavy (non-hydrogen) atoms. The third-order valence-electron chi connectivity index (χ3n) is 3.25. The van der Waals surface area contributed by atoms with Crippen LogP contribution in [0.2, 0.25) is 0 Å². The minimum Gasteiger partial charge on any atom is -0.444 e. The lowest BCUT2D eigenvalue weighted by Crippen LogP contribution is -2.45. The summed E-state index contributed by atoms with van der Waals surface area (Å²) in [5, 5.41) is 4.77. The minimum absolute atomic E-state index is 0.0174. The fourth-order valence-corrected chi connectivity index (χ4v) is 2.95. The fraction of sp³-hybridized carbons (Fsp3) is 0.600. The van der Waals surface area contributed by atoms with Crippen LogP contribution in [0.25, 0.3) is 0 Å². The maximum atomic E-state index is 12.1. The second-order valence-corrected chi connectivity index (χ2v) is 7.10. The summed E-state index contributed by atoms with van der Waals surface area (Å²) < 4.78 is 5.41. The highest BCUT2D eigenvalue weighted by atomic mass is 32.1. The summed E-state index contributed by atoms with van der Waals surface area (Å²) in [4.78, 5) is 26.5. The van der Waals surface area contributed by atoms with Gasteiger partial charge in [0, 0.05) is 13.1 Å². The first-order chi connectivity index (χ1) is 9.87. The average molecular weight is 310 g/mol. The zero-order valence-corrected chi connectivity index (χ0v) is 13.5. The molecule has 1 aliphatic heterocycles. The van der Waals surface area contributed by atoms with E-state index in [0.717, 1.165) is 12.8 Å². The van der Waals surface area contributed by atoms with E-state index in [9.17, 15) is 9.59 Å². The van der Waals surface area contributed by atoms with E-state index in [-0.39, 0.29) is 18.0 Å². The van der Waals surface area contributed by atoms with Crippen LogP contribution in [0, 0.1) is 0 Å². The summed E-state index contributed by atoms with van der Waals surface area (Å²) in [5.74, 6) is -0.0824. The molecule has 0 aliphatic carbocycles. The van der Waals surface area contributed by atoms with Crippen molar-refractivity contribution in [1.82, 2.24) is 10.2 Å². The molecule has 1 aliphatic rings. The molecule has 2 amide bonds. The minimum atomic E-state index is -0.496. The highest BCUT2D eigenvalue weighted by molar-refractivity contribution is 7.12. The number of nitrogens with one attached hydrogen (secondary N) is 1. The molecule has 6 heteroatoms. The first kappa shape index (κ1) is 15.8. The van der Waals surface area contributed by atoms with Gasteiger partial charge in [-0.15, -0.1) is 11.3 Å². The Labute approximate surface area is 129 Å². The van der Waals surface area contributed by atoms with Crippen LogP contribution in [-0.4, -0.2) is 41.6 Å². The molecule has 1 saturated heterocycles. The normalized spacial score (nSPS) is 18.6. The molecule has 0 radical (unpaired) electrons. The molecule has 1 aromatic heterocycles. The zero-order valence-electron chi connectivity index (χ0n) is 12.7. The lowest BCUT2D eigenvalue weighted by atomic mass is 10.2. The largest absolute Gasteiger partial charge is 0.444 e. The maximum absolute atomic E-state index is 12.1. The molecule has 0 aromatic carbocycles. The Morgan fingerprint density at radius 3 is 2.86 bits per heavy atom. The van der Waals surface area contributed by atoms with Gasteiger partial charge in [-0.05, 0) is 45.1 Å². The number of likely N-dealkylation sites (tertiary alicyclic amines) is 1. The summed E-state index contributed by atoms with van der Waals surface area (Å²) in [7, 11) is 0. The standard InChI is InChI=1S/C15H22N2O3S/c1-15(2,3)20-14(19)17-8-4-6-11(17)10-16-13(18)12-7-5-9-21-12/h5,7,9,11H,4,6,8,10H2,1-3H3,(H,16,18)/t11-/m0/s1. The molecule has 0 bridgehead atoms. The van der Waals surface area contributed by atoms with Crippen LogP contribution < -0.4 is 5.32 Å². The molecule has 116 valence electrons. The molecule has 1 aromatic rings. The predicted octanol–water partition coefficient (Wildman–Crippen LogP) is 2.88. The first-order valence-electron chi connectivity index (χ1n) is 7.18. The summed E-state index contributed by atoms with van der Waals surface area (Å²) in [5.41, 5.74) is -0.496. The third-order valence-corrected chi connectivity index (χ3v) is 4.12. The van der Waals surface area contributed by atoms with Crippen LogP contribution in [0.15, 0.2) is 17.5 Å². The second kappa shape index (κ2) is 6.47. The molecule has 0 unspecified atom stereocenters. The van der Waals surface area contributed by atoms with Crippen LogP contribution >= 0.6 is 11.3 Å². The highest BCUT2D eigenvalue weighted by Gasteiger charge is 2.32. The van der Waals surface area contributed by atoms with Crippen molar-refractivity contribution in [3.05, 3.63) is 22.4 Å². The summed E-state index contributed by atoms with van der Waals surface area (Å²) in [6, 6.07) is 3.66. The molecular formula is C15H22N2O3S. The van der Waals surface area contributed by atoms with E-state index in [4.69, 9.17) is 4.74 Å². The SMILES string of the molecule is CC(C)(C)OC(=O)N1CCC[C@H]1CNC(=O)c1cccs1. The van der Waals surface area contributed by atoms with Gasteiger partial charge in [-0.1, -0.05) is 6.07 Å². The lowest BCUT2D eigenvalue weighted by molar-refractivity contribution is 0.0225. The summed E-state index contributed by atoms with van der Waals surface area (Å²) >= 11 is 1.41. The molecule has 0 spiro atoms. The van der Waals surface area contributed by atoms with Crippen LogP contribution in [0.3, 0.4) is 0 Å². The van der Waals surface area contributed by atoms with Crippen LogP contribution in [0.5, 0.6) is 0 Å². The average Bonchev–Trinajstić information content (AvgIpc) is 3.04. The van der Waals surface area contributed by atoms with Crippen LogP contribution in [0.4, 0.5) is 4.79 Å². The Kier molecular flexibility index (Phi) is 4.88. The lowest BCUT2D eigenvalue weighted by Gasteiger charge is -2.28. The Hall–Kier alpha value is -1.56. The van der Waals surface area contributed by atoms with Gasteiger partial charge in [0.15, 0.2) is 0 Å². The van der Waals surface area contributed by atoms with Crippen molar-refractivity contribution >= 4 is 23.3 Å². The topological polar surface area (TPSA) is 58.6 Å².